The van der Waals surface area contributed by atoms with Crippen molar-refractivity contribution in [2.45, 2.75) is 6.61 Å². The van der Waals surface area contributed by atoms with Crippen molar-refractivity contribution in [1.29, 1.82) is 0 Å². The Bertz CT molecular complexity index is 746. The quantitative estimate of drug-likeness (QED) is 0.509. The summed E-state index contributed by atoms with van der Waals surface area (Å²) in [6.45, 7) is 0.335. The van der Waals surface area contributed by atoms with Crippen LogP contribution in [0.3, 0.4) is 0 Å². The summed E-state index contributed by atoms with van der Waals surface area (Å²) in [7, 11) is 0. The number of rotatable bonds is 3. The normalized spacial score (nSPS) is 12.0. The second-order valence-corrected chi connectivity index (χ2v) is 5.84. The summed E-state index contributed by atoms with van der Waals surface area (Å²) in [5, 5.41) is 14.1. The van der Waals surface area contributed by atoms with Gasteiger partial charge < -0.3 is 10.1 Å². The molecule has 0 radical (unpaired) electrons. The van der Waals surface area contributed by atoms with E-state index in [-0.39, 0.29) is 16.9 Å². The van der Waals surface area contributed by atoms with Crippen LogP contribution in [-0.2, 0) is 11.4 Å². The van der Waals surface area contributed by atoms with Gasteiger partial charge in [0.25, 0.3) is 5.69 Å². The molecule has 0 aliphatic carbocycles. The fourth-order valence-electron chi connectivity index (χ4n) is 1.95. The van der Waals surface area contributed by atoms with Gasteiger partial charge in [0.15, 0.2) is 5.13 Å². The third-order valence-electron chi connectivity index (χ3n) is 2.85. The lowest BCUT2D eigenvalue weighted by molar-refractivity contribution is -0.384. The summed E-state index contributed by atoms with van der Waals surface area (Å²) in [5.41, 5.74) is 1.17. The third kappa shape index (κ3) is 2.61. The van der Waals surface area contributed by atoms with Crippen molar-refractivity contribution >= 4 is 44.0 Å². The van der Waals surface area contributed by atoms with Crippen molar-refractivity contribution in [2.75, 3.05) is 10.6 Å². The summed E-state index contributed by atoms with van der Waals surface area (Å²) < 4.78 is 5.56. The molecule has 1 aliphatic heterocycles. The van der Waals surface area contributed by atoms with Crippen LogP contribution in [0.2, 0.25) is 0 Å². The summed E-state index contributed by atoms with van der Waals surface area (Å²) in [4.78, 5) is 27.0. The Morgan fingerprint density at radius 3 is 3.10 bits per heavy atom. The minimum absolute atomic E-state index is 0.0238. The number of fused-ring (bicyclic) bond motifs is 3. The average molecular weight is 370 g/mol. The zero-order valence-electron chi connectivity index (χ0n) is 10.5. The van der Waals surface area contributed by atoms with Crippen LogP contribution in [0.5, 0.6) is 5.75 Å². The van der Waals surface area contributed by atoms with E-state index in [0.717, 1.165) is 4.88 Å². The van der Waals surface area contributed by atoms with Gasteiger partial charge in [0.1, 0.15) is 12.4 Å². The van der Waals surface area contributed by atoms with Crippen LogP contribution < -0.4 is 10.1 Å². The fraction of sp³-hybridized carbons (Fsp3) is 0.167. The van der Waals surface area contributed by atoms with Crippen molar-refractivity contribution in [3.05, 3.63) is 33.2 Å². The number of anilines is 1. The van der Waals surface area contributed by atoms with E-state index in [9.17, 15) is 14.9 Å². The first-order valence-electron chi connectivity index (χ1n) is 5.85. The van der Waals surface area contributed by atoms with Crippen LogP contribution in [0.4, 0.5) is 10.8 Å². The molecule has 7 nitrogen and oxygen atoms in total. The van der Waals surface area contributed by atoms with Gasteiger partial charge in [-0.25, -0.2) is 4.98 Å². The first-order valence-corrected chi connectivity index (χ1v) is 7.79. The molecule has 1 aliphatic rings. The largest absolute Gasteiger partial charge is 0.487 e. The fourth-order valence-corrected chi connectivity index (χ4v) is 3.00. The maximum atomic E-state index is 11.4. The molecule has 2 aromatic rings. The second kappa shape index (κ2) is 5.41. The summed E-state index contributed by atoms with van der Waals surface area (Å²) in [5.74, 6) is 0.345. The third-order valence-corrected chi connectivity index (χ3v) is 4.31. The first kappa shape index (κ1) is 14.0. The van der Waals surface area contributed by atoms with E-state index in [1.54, 1.807) is 6.07 Å². The van der Waals surface area contributed by atoms with E-state index in [0.29, 0.717) is 28.7 Å². The smallest absolute Gasteiger partial charge is 0.270 e. The second-order valence-electron chi connectivity index (χ2n) is 4.20. The van der Waals surface area contributed by atoms with Gasteiger partial charge in [-0.15, -0.1) is 0 Å². The summed E-state index contributed by atoms with van der Waals surface area (Å²) in [6.07, 6.45) is 0. The molecule has 1 amide bonds. The Balaban J connectivity index is 2.03. The molecule has 9 heteroatoms. The van der Waals surface area contributed by atoms with E-state index >= 15 is 0 Å². The molecular weight excluding hydrogens is 362 g/mol. The maximum Gasteiger partial charge on any atom is 0.270 e. The standard InChI is InChI=1S/C12H8BrN3O4S/c13-4-10(17)14-12-15-11-7-3-6(16(18)19)1-2-8(7)20-5-9(11)21-12/h1-3H,4-5H2,(H,14,15,17). The van der Waals surface area contributed by atoms with Gasteiger partial charge in [-0.05, 0) is 6.07 Å². The maximum absolute atomic E-state index is 11.4. The summed E-state index contributed by atoms with van der Waals surface area (Å²) in [6, 6.07) is 4.39. The van der Waals surface area contributed by atoms with Crippen LogP contribution in [0, 0.1) is 10.1 Å². The number of thiazole rings is 1. The molecule has 3 rings (SSSR count). The number of amides is 1. The molecule has 0 spiro atoms. The number of nitro benzene ring substituents is 1. The van der Waals surface area contributed by atoms with Crippen LogP contribution >= 0.6 is 27.3 Å². The molecule has 108 valence electrons. The minimum Gasteiger partial charge on any atom is -0.487 e. The predicted octanol–water partition coefficient (Wildman–Crippen LogP) is 2.94. The predicted molar refractivity (Wildman–Crippen MR) is 81.0 cm³/mol. The minimum atomic E-state index is -0.464. The van der Waals surface area contributed by atoms with Crippen molar-refractivity contribution in [1.82, 2.24) is 4.98 Å². The van der Waals surface area contributed by atoms with Crippen LogP contribution in [0.1, 0.15) is 4.88 Å². The topological polar surface area (TPSA) is 94.4 Å². The van der Waals surface area contributed by atoms with Crippen molar-refractivity contribution in [3.8, 4) is 17.0 Å². The SMILES string of the molecule is O=C(CBr)Nc1nc2c(s1)COc1ccc([N+](=O)[O-])cc1-2. The molecule has 0 unspecified atom stereocenters. The van der Waals surface area contributed by atoms with Crippen LogP contribution in [0.25, 0.3) is 11.3 Å². The lowest BCUT2D eigenvalue weighted by Gasteiger charge is -2.15. The van der Waals surface area contributed by atoms with Gasteiger partial charge in [-0.1, -0.05) is 27.3 Å². The number of nitrogens with one attached hydrogen (secondary N) is 1. The van der Waals surface area contributed by atoms with Gasteiger partial charge >= 0.3 is 0 Å². The Morgan fingerprint density at radius 2 is 2.38 bits per heavy atom. The molecule has 1 N–H and O–H groups in total. The number of carbonyl (C=O) groups is 1. The van der Waals surface area contributed by atoms with Crippen LogP contribution in [0.15, 0.2) is 18.2 Å². The molecule has 1 aromatic heterocycles. The highest BCUT2D eigenvalue weighted by atomic mass is 79.9. The average Bonchev–Trinajstić information content (AvgIpc) is 2.89. The number of alkyl halides is 1. The van der Waals surface area contributed by atoms with Gasteiger partial charge in [0.2, 0.25) is 5.91 Å². The van der Waals surface area contributed by atoms with Gasteiger partial charge in [0, 0.05) is 12.1 Å². The van der Waals surface area contributed by atoms with Crippen molar-refractivity contribution in [2.24, 2.45) is 0 Å². The number of carbonyl (C=O) groups excluding carboxylic acids is 1. The van der Waals surface area contributed by atoms with Gasteiger partial charge in [-0.2, -0.15) is 0 Å². The number of nitrogens with zero attached hydrogens (tertiary/aromatic N) is 2. The molecule has 21 heavy (non-hydrogen) atoms. The number of ether oxygens (including phenoxy) is 1. The molecule has 0 bridgehead atoms. The molecule has 0 fully saturated rings. The molecule has 0 atom stereocenters. The zero-order valence-corrected chi connectivity index (χ0v) is 12.9. The number of hydrogen-bond acceptors (Lipinski definition) is 6. The number of benzene rings is 1. The van der Waals surface area contributed by atoms with Crippen LogP contribution in [-0.4, -0.2) is 21.1 Å². The summed E-state index contributed by atoms with van der Waals surface area (Å²) >= 11 is 4.36. The molecule has 2 heterocycles. The first-order chi connectivity index (χ1) is 10.1. The number of halogens is 1. The molecule has 1 aromatic carbocycles. The van der Waals surface area contributed by atoms with E-state index in [1.165, 1.54) is 23.5 Å². The Kier molecular flexibility index (Phi) is 3.60. The van der Waals surface area contributed by atoms with Gasteiger partial charge in [-0.3, -0.25) is 14.9 Å². The van der Waals surface area contributed by atoms with E-state index in [4.69, 9.17) is 4.74 Å². The lowest BCUT2D eigenvalue weighted by Crippen LogP contribution is -2.11. The monoisotopic (exact) mass is 369 g/mol. The Hall–Kier alpha value is -2.00. The van der Waals surface area contributed by atoms with Gasteiger partial charge in [0.05, 0.1) is 26.4 Å². The van der Waals surface area contributed by atoms with Crippen molar-refractivity contribution < 1.29 is 14.5 Å². The lowest BCUT2D eigenvalue weighted by atomic mass is 10.1. The van der Waals surface area contributed by atoms with E-state index in [1.807, 2.05) is 0 Å². The molecule has 0 saturated heterocycles. The number of hydrogen-bond donors (Lipinski definition) is 1. The molecular formula is C12H8BrN3O4S. The zero-order chi connectivity index (χ0) is 15.0. The highest BCUT2D eigenvalue weighted by molar-refractivity contribution is 9.09. The Morgan fingerprint density at radius 1 is 1.57 bits per heavy atom. The number of nitro groups is 1. The number of aromatic nitrogens is 1. The molecule has 0 saturated carbocycles. The van der Waals surface area contributed by atoms with Crippen molar-refractivity contribution in [3.63, 3.8) is 0 Å². The highest BCUT2D eigenvalue weighted by Gasteiger charge is 2.24. The van der Waals surface area contributed by atoms with E-state index in [2.05, 4.69) is 26.2 Å². The highest BCUT2D eigenvalue weighted by Crippen LogP contribution is 2.42. The van der Waals surface area contributed by atoms with E-state index < -0.39 is 4.92 Å². The number of non-ortho nitro benzene ring substituents is 1. The Labute approximate surface area is 131 Å².